The van der Waals surface area contributed by atoms with Crippen molar-refractivity contribution in [2.75, 3.05) is 18.6 Å². The molecule has 10 heteroatoms. The zero-order chi connectivity index (χ0) is 24.9. The molecule has 0 aliphatic carbocycles. The van der Waals surface area contributed by atoms with Gasteiger partial charge in [-0.25, -0.2) is 4.40 Å². The smallest absolute Gasteiger partial charge is 0.367 e. The second kappa shape index (κ2) is 10.8. The lowest BCUT2D eigenvalue weighted by Crippen LogP contribution is -2.20. The van der Waals surface area contributed by atoms with Gasteiger partial charge in [-0.2, -0.15) is 26.3 Å². The van der Waals surface area contributed by atoms with Gasteiger partial charge in [0.15, 0.2) is 0 Å². The predicted octanol–water partition coefficient (Wildman–Crippen LogP) is 6.65. The van der Waals surface area contributed by atoms with Crippen LogP contribution in [0, 0.1) is 0 Å². The largest absolute Gasteiger partial charge is 0.416 e. The number of rotatable bonds is 9. The third kappa shape index (κ3) is 8.26. The van der Waals surface area contributed by atoms with Crippen molar-refractivity contribution in [2.45, 2.75) is 45.1 Å². The molecule has 2 rings (SSSR count). The summed E-state index contributed by atoms with van der Waals surface area (Å²) in [5, 5.41) is 0. The van der Waals surface area contributed by atoms with Crippen molar-refractivity contribution in [3.63, 3.8) is 0 Å². The summed E-state index contributed by atoms with van der Waals surface area (Å²) in [6.07, 6.45) is -7.91. The summed E-state index contributed by atoms with van der Waals surface area (Å²) in [5.41, 5.74) is -2.14. The van der Waals surface area contributed by atoms with Crippen molar-refractivity contribution in [2.24, 2.45) is 4.40 Å². The van der Waals surface area contributed by atoms with Crippen LogP contribution in [-0.4, -0.2) is 28.5 Å². The zero-order valence-corrected chi connectivity index (χ0v) is 19.4. The molecule has 0 unspecified atom stereocenters. The monoisotopic (exact) mass is 495 g/mol. The van der Waals surface area contributed by atoms with E-state index >= 15 is 0 Å². The van der Waals surface area contributed by atoms with E-state index < -0.39 is 39.7 Å². The van der Waals surface area contributed by atoms with Crippen molar-refractivity contribution in [1.29, 1.82) is 0 Å². The number of thiol groups is 1. The Bertz CT molecular complexity index is 970. The molecule has 0 amide bonds. The van der Waals surface area contributed by atoms with Gasteiger partial charge in [-0.15, -0.1) is 0 Å². The van der Waals surface area contributed by atoms with E-state index in [1.54, 1.807) is 30.3 Å². The van der Waals surface area contributed by atoms with Gasteiger partial charge in [-0.05, 0) is 52.8 Å². The maximum absolute atomic E-state index is 13.2. The quantitative estimate of drug-likeness (QED) is 0.240. The average molecular weight is 496 g/mol. The van der Waals surface area contributed by atoms with Crippen LogP contribution in [0.3, 0.4) is 0 Å². The SMILES string of the molecule is CCCC[SH](C)(=O)/N=C(/CO[C@H](C)c1cc(C(F)(F)F)cc(C(F)(F)F)c1)c1ccccc1. The molecule has 0 N–H and O–H groups in total. The maximum atomic E-state index is 13.2. The van der Waals surface area contributed by atoms with Crippen LogP contribution in [0.5, 0.6) is 0 Å². The normalized spacial score (nSPS) is 14.9. The molecule has 33 heavy (non-hydrogen) atoms. The number of unbranched alkanes of at least 4 members (excludes halogenated alkanes) is 1. The molecule has 0 aromatic heterocycles. The summed E-state index contributed by atoms with van der Waals surface area (Å²) < 4.78 is 102. The van der Waals surface area contributed by atoms with Gasteiger partial charge >= 0.3 is 12.4 Å². The number of alkyl halides is 6. The molecular formula is C23H27F6NO2S. The van der Waals surface area contributed by atoms with Gasteiger partial charge in [-0.3, -0.25) is 4.21 Å². The molecular weight excluding hydrogens is 468 g/mol. The fraction of sp³-hybridized carbons (Fsp3) is 0.435. The predicted molar refractivity (Wildman–Crippen MR) is 119 cm³/mol. The lowest BCUT2D eigenvalue weighted by molar-refractivity contribution is -0.143. The number of hydrogen-bond donors (Lipinski definition) is 1. The minimum absolute atomic E-state index is 0.0775. The van der Waals surface area contributed by atoms with E-state index in [4.69, 9.17) is 4.74 Å². The van der Waals surface area contributed by atoms with Crippen LogP contribution in [0.1, 0.15) is 55.0 Å². The van der Waals surface area contributed by atoms with Crippen molar-refractivity contribution < 1.29 is 35.3 Å². The summed E-state index contributed by atoms with van der Waals surface area (Å²) >= 11 is 0. The molecule has 2 aromatic rings. The van der Waals surface area contributed by atoms with Gasteiger partial charge in [0.05, 0.1) is 29.5 Å². The van der Waals surface area contributed by atoms with Crippen molar-refractivity contribution in [3.8, 4) is 0 Å². The van der Waals surface area contributed by atoms with E-state index in [0.717, 1.165) is 6.42 Å². The lowest BCUT2D eigenvalue weighted by atomic mass is 10.0. The molecule has 1 atom stereocenters. The van der Waals surface area contributed by atoms with Gasteiger partial charge in [0, 0.05) is 12.0 Å². The van der Waals surface area contributed by atoms with Gasteiger partial charge in [0.1, 0.15) is 0 Å². The van der Waals surface area contributed by atoms with E-state index in [9.17, 15) is 30.6 Å². The number of nitrogens with zero attached hydrogens (tertiary/aromatic N) is 1. The van der Waals surface area contributed by atoms with Crippen LogP contribution in [0.4, 0.5) is 26.3 Å². The molecule has 0 spiro atoms. The number of hydrogen-bond acceptors (Lipinski definition) is 2. The summed E-state index contributed by atoms with van der Waals surface area (Å²) in [6.45, 7) is 3.09. The highest BCUT2D eigenvalue weighted by Crippen LogP contribution is 2.37. The first-order valence-corrected chi connectivity index (χ1v) is 12.6. The van der Waals surface area contributed by atoms with Gasteiger partial charge in [0.2, 0.25) is 0 Å². The van der Waals surface area contributed by atoms with Crippen molar-refractivity contribution in [1.82, 2.24) is 0 Å². The van der Waals surface area contributed by atoms with Gasteiger partial charge in [0.25, 0.3) is 0 Å². The second-order valence-corrected chi connectivity index (χ2v) is 10.6. The van der Waals surface area contributed by atoms with E-state index in [0.29, 0.717) is 35.6 Å². The Morgan fingerprint density at radius 3 is 2.03 bits per heavy atom. The zero-order valence-electron chi connectivity index (χ0n) is 18.5. The van der Waals surface area contributed by atoms with Crippen LogP contribution < -0.4 is 0 Å². The van der Waals surface area contributed by atoms with Gasteiger partial charge in [-0.1, -0.05) is 43.7 Å². The summed E-state index contributed by atoms with van der Waals surface area (Å²) in [5.74, 6) is 0.387. The van der Waals surface area contributed by atoms with E-state index in [1.807, 2.05) is 6.92 Å². The van der Waals surface area contributed by atoms with Crippen LogP contribution >= 0.6 is 0 Å². The minimum atomic E-state index is -4.94. The average Bonchev–Trinajstić information content (AvgIpc) is 2.74. The fourth-order valence-electron chi connectivity index (χ4n) is 3.07. The highest BCUT2D eigenvalue weighted by molar-refractivity contribution is 8.01. The topological polar surface area (TPSA) is 38.7 Å². The van der Waals surface area contributed by atoms with Crippen molar-refractivity contribution in [3.05, 3.63) is 70.8 Å². The first-order valence-electron chi connectivity index (χ1n) is 10.3. The summed E-state index contributed by atoms with van der Waals surface area (Å²) in [4.78, 5) is 0. The standard InChI is InChI=1S/C23H27F6NO2S/c1-4-5-11-33(3,31)30-21(17-9-7-6-8-10-17)15-32-16(2)18-12-19(22(24,25)26)14-20(13-18)23(27,28)29/h6-10,12-14,16,33H,4-5,11,15H2,1-3H3/b30-21-/t16-/m1/s1. The van der Waals surface area contributed by atoms with Crippen LogP contribution in [0.15, 0.2) is 52.9 Å². The highest BCUT2D eigenvalue weighted by Gasteiger charge is 2.37. The van der Waals surface area contributed by atoms with Gasteiger partial charge < -0.3 is 4.74 Å². The second-order valence-electron chi connectivity index (χ2n) is 7.83. The third-order valence-electron chi connectivity index (χ3n) is 4.92. The van der Waals surface area contributed by atoms with E-state index in [1.165, 1.54) is 13.2 Å². The molecule has 0 fully saturated rings. The molecule has 0 heterocycles. The summed E-state index contributed by atoms with van der Waals surface area (Å²) in [7, 11) is -2.91. The fourth-order valence-corrected chi connectivity index (χ4v) is 4.76. The maximum Gasteiger partial charge on any atom is 0.416 e. The first-order chi connectivity index (χ1) is 15.2. The molecule has 0 aliphatic rings. The molecule has 0 saturated carbocycles. The molecule has 0 bridgehead atoms. The van der Waals surface area contributed by atoms with Crippen LogP contribution in [0.2, 0.25) is 0 Å². The number of benzene rings is 2. The van der Waals surface area contributed by atoms with E-state index in [-0.39, 0.29) is 18.2 Å². The van der Waals surface area contributed by atoms with Crippen LogP contribution in [0.25, 0.3) is 0 Å². The minimum Gasteiger partial charge on any atom is -0.367 e. The molecule has 184 valence electrons. The summed E-state index contributed by atoms with van der Waals surface area (Å²) in [6, 6.07) is 10.1. The first kappa shape index (κ1) is 27.0. The van der Waals surface area contributed by atoms with Crippen LogP contribution in [-0.2, 0) is 27.2 Å². The Morgan fingerprint density at radius 2 is 1.55 bits per heavy atom. The molecule has 2 aromatic carbocycles. The third-order valence-corrected chi connectivity index (χ3v) is 6.73. The Labute approximate surface area is 190 Å². The molecule has 0 saturated heterocycles. The number of halogens is 6. The Balaban J connectivity index is 2.35. The van der Waals surface area contributed by atoms with E-state index in [2.05, 4.69) is 4.40 Å². The molecule has 0 radical (unpaired) electrons. The Morgan fingerprint density at radius 1 is 1.00 bits per heavy atom. The Hall–Kier alpha value is -2.20. The molecule has 0 aliphatic heterocycles. The number of ether oxygens (including phenoxy) is 1. The Kier molecular flexibility index (Phi) is 8.87. The van der Waals surface area contributed by atoms with Crippen molar-refractivity contribution >= 4 is 15.8 Å². The highest BCUT2D eigenvalue weighted by atomic mass is 32.3. The molecule has 3 nitrogen and oxygen atoms in total. The lowest BCUT2D eigenvalue weighted by Gasteiger charge is -2.20.